The number of piperidine rings is 3. The van der Waals surface area contributed by atoms with Gasteiger partial charge in [-0.3, -0.25) is 14.4 Å². The molecule has 3 atom stereocenters. The number of nitrogens with one attached hydrogen (secondary N) is 2. The van der Waals surface area contributed by atoms with Crippen LogP contribution in [0.5, 0.6) is 0 Å². The molecule has 9 heteroatoms. The number of rotatable bonds is 3. The van der Waals surface area contributed by atoms with Gasteiger partial charge >= 0.3 is 6.09 Å². The lowest BCUT2D eigenvalue weighted by molar-refractivity contribution is -0.147. The number of carbonyl (C=O) groups is 4. The largest absolute Gasteiger partial charge is 0.453 e. The van der Waals surface area contributed by atoms with Crippen molar-refractivity contribution in [3.63, 3.8) is 0 Å². The van der Waals surface area contributed by atoms with Gasteiger partial charge in [-0.1, -0.05) is 0 Å². The quantitative estimate of drug-likeness (QED) is 0.705. The van der Waals surface area contributed by atoms with Crippen molar-refractivity contribution >= 4 is 35.1 Å². The molecule has 1 unspecified atom stereocenters. The van der Waals surface area contributed by atoms with Crippen molar-refractivity contribution in [1.29, 1.82) is 0 Å². The lowest BCUT2D eigenvalue weighted by Crippen LogP contribution is -2.63. The van der Waals surface area contributed by atoms with Crippen LogP contribution in [0.25, 0.3) is 0 Å². The van der Waals surface area contributed by atoms with E-state index in [0.29, 0.717) is 18.7 Å². The summed E-state index contributed by atoms with van der Waals surface area (Å²) in [6, 6.07) is 7.09. The van der Waals surface area contributed by atoms with E-state index < -0.39 is 35.5 Å². The highest BCUT2D eigenvalue weighted by Crippen LogP contribution is 2.28. The van der Waals surface area contributed by atoms with Crippen molar-refractivity contribution in [2.24, 2.45) is 11.8 Å². The Morgan fingerprint density at radius 3 is 2.45 bits per heavy atom. The maximum absolute atomic E-state index is 13.0. The highest BCUT2D eigenvalue weighted by molar-refractivity contribution is 6.23. The first-order chi connectivity index (χ1) is 15.0. The van der Waals surface area contributed by atoms with E-state index >= 15 is 0 Å². The van der Waals surface area contributed by atoms with Gasteiger partial charge in [0.25, 0.3) is 0 Å². The summed E-state index contributed by atoms with van der Waals surface area (Å²) in [5.74, 6) is -3.74. The summed E-state index contributed by atoms with van der Waals surface area (Å²) in [4.78, 5) is 53.9. The van der Waals surface area contributed by atoms with Gasteiger partial charge in [0.15, 0.2) is 11.7 Å². The van der Waals surface area contributed by atoms with Crippen LogP contribution >= 0.6 is 0 Å². The molecule has 0 radical (unpaired) electrons. The number of fused-ring (bicyclic) bond motifs is 1. The Balaban J connectivity index is 1.42. The number of hydrogen-bond acceptors (Lipinski definition) is 6. The molecule has 0 aliphatic carbocycles. The molecule has 0 aromatic heterocycles. The van der Waals surface area contributed by atoms with Crippen molar-refractivity contribution in [1.82, 2.24) is 10.2 Å². The Morgan fingerprint density at radius 2 is 1.77 bits per heavy atom. The number of methoxy groups -OCH3 is 1. The summed E-state index contributed by atoms with van der Waals surface area (Å²) in [7, 11) is 1.28. The van der Waals surface area contributed by atoms with Crippen molar-refractivity contribution < 1.29 is 23.9 Å². The zero-order valence-corrected chi connectivity index (χ0v) is 17.6. The lowest BCUT2D eigenvalue weighted by atomic mass is 9.78. The smallest absolute Gasteiger partial charge is 0.409 e. The number of hydrogen-bond donors (Lipinski definition) is 2. The third-order valence-corrected chi connectivity index (χ3v) is 6.40. The van der Waals surface area contributed by atoms with Crippen LogP contribution in [0.2, 0.25) is 0 Å². The minimum absolute atomic E-state index is 0.130. The summed E-state index contributed by atoms with van der Waals surface area (Å²) in [5.41, 5.74) is 1.63. The molecule has 3 amide bonds. The van der Waals surface area contributed by atoms with Gasteiger partial charge < -0.3 is 25.2 Å². The number of nitrogens with zero attached hydrogens (tertiary/aromatic N) is 2. The van der Waals surface area contributed by atoms with Crippen molar-refractivity contribution in [2.45, 2.75) is 31.7 Å². The van der Waals surface area contributed by atoms with Crippen LogP contribution in [0.1, 0.15) is 25.7 Å². The molecule has 2 N–H and O–H groups in total. The zero-order chi connectivity index (χ0) is 22.0. The number of likely N-dealkylation sites (tertiary alicyclic amines) is 1. The number of ether oxygens (including phenoxy) is 1. The first kappa shape index (κ1) is 21.1. The minimum Gasteiger partial charge on any atom is -0.453 e. The van der Waals surface area contributed by atoms with Gasteiger partial charge in [-0.05, 0) is 49.9 Å². The highest BCUT2D eigenvalue weighted by Gasteiger charge is 2.49. The average Bonchev–Trinajstić information content (AvgIpc) is 2.79. The predicted molar refractivity (Wildman–Crippen MR) is 114 cm³/mol. The summed E-state index contributed by atoms with van der Waals surface area (Å²) >= 11 is 0. The fraction of sp³-hybridized carbons (Fsp3) is 0.545. The molecular formula is C22H28N4O5. The molecule has 31 heavy (non-hydrogen) atoms. The van der Waals surface area contributed by atoms with E-state index in [9.17, 15) is 19.2 Å². The summed E-state index contributed by atoms with van der Waals surface area (Å²) in [6.45, 7) is 2.56. The van der Waals surface area contributed by atoms with E-state index in [4.69, 9.17) is 4.74 Å². The van der Waals surface area contributed by atoms with Crippen LogP contribution in [0.4, 0.5) is 16.2 Å². The van der Waals surface area contributed by atoms with Crippen LogP contribution in [0.3, 0.4) is 0 Å². The third-order valence-electron chi connectivity index (χ3n) is 6.40. The van der Waals surface area contributed by atoms with Gasteiger partial charge in [0.05, 0.1) is 13.0 Å². The molecule has 9 nitrogen and oxygen atoms in total. The first-order valence-electron chi connectivity index (χ1n) is 10.8. The van der Waals surface area contributed by atoms with Gasteiger partial charge in [0, 0.05) is 43.6 Å². The maximum atomic E-state index is 13.0. The minimum atomic E-state index is -1.43. The molecule has 3 fully saturated rings. The average molecular weight is 428 g/mol. The first-order valence-corrected chi connectivity index (χ1v) is 10.8. The Labute approximate surface area is 181 Å². The van der Waals surface area contributed by atoms with Crippen molar-refractivity contribution in [3.05, 3.63) is 24.3 Å². The van der Waals surface area contributed by atoms with Gasteiger partial charge in [-0.15, -0.1) is 0 Å². The van der Waals surface area contributed by atoms with Crippen LogP contribution in [-0.4, -0.2) is 67.9 Å². The lowest BCUT2D eigenvalue weighted by Gasteiger charge is -2.41. The summed E-state index contributed by atoms with van der Waals surface area (Å²) in [5, 5.41) is 5.49. The fourth-order valence-corrected chi connectivity index (χ4v) is 4.69. The molecule has 0 spiro atoms. The van der Waals surface area contributed by atoms with Gasteiger partial charge in [0.2, 0.25) is 11.8 Å². The molecule has 3 heterocycles. The second kappa shape index (κ2) is 8.95. The van der Waals surface area contributed by atoms with Crippen LogP contribution < -0.4 is 15.5 Å². The number of benzene rings is 1. The monoisotopic (exact) mass is 428 g/mol. The highest BCUT2D eigenvalue weighted by atomic mass is 16.5. The van der Waals surface area contributed by atoms with E-state index in [1.165, 1.54) is 31.3 Å². The second-order valence-corrected chi connectivity index (χ2v) is 8.35. The Kier molecular flexibility index (Phi) is 6.11. The normalized spacial score (nSPS) is 26.0. The summed E-state index contributed by atoms with van der Waals surface area (Å²) < 4.78 is 4.74. The number of anilines is 2. The number of ketones is 1. The molecule has 1 aromatic rings. The fourth-order valence-electron chi connectivity index (χ4n) is 4.69. The third kappa shape index (κ3) is 4.35. The van der Waals surface area contributed by atoms with Gasteiger partial charge in [0.1, 0.15) is 0 Å². The Hall–Kier alpha value is -3.10. The molecule has 3 aliphatic rings. The van der Waals surface area contributed by atoms with E-state index in [2.05, 4.69) is 15.5 Å². The van der Waals surface area contributed by atoms with Crippen LogP contribution in [0.15, 0.2) is 24.3 Å². The van der Waals surface area contributed by atoms with E-state index in [1.807, 2.05) is 12.1 Å². The number of amides is 3. The molecule has 166 valence electrons. The molecule has 1 aromatic carbocycles. The van der Waals surface area contributed by atoms with E-state index in [1.54, 1.807) is 12.1 Å². The second-order valence-electron chi connectivity index (χ2n) is 8.35. The van der Waals surface area contributed by atoms with Crippen molar-refractivity contribution in [2.75, 3.05) is 43.5 Å². The van der Waals surface area contributed by atoms with Gasteiger partial charge in [-0.2, -0.15) is 0 Å². The summed E-state index contributed by atoms with van der Waals surface area (Å²) in [6.07, 6.45) is 3.53. The van der Waals surface area contributed by atoms with Crippen LogP contribution in [-0.2, 0) is 19.1 Å². The molecule has 3 aliphatic heterocycles. The van der Waals surface area contributed by atoms with Crippen molar-refractivity contribution in [3.8, 4) is 0 Å². The molecule has 4 rings (SSSR count). The van der Waals surface area contributed by atoms with E-state index in [0.717, 1.165) is 18.8 Å². The molecule has 3 saturated heterocycles. The topological polar surface area (TPSA) is 108 Å². The van der Waals surface area contributed by atoms with Crippen LogP contribution in [0, 0.1) is 11.8 Å². The Morgan fingerprint density at radius 1 is 1.06 bits per heavy atom. The molecule has 0 bridgehead atoms. The zero-order valence-electron chi connectivity index (χ0n) is 17.6. The Bertz CT molecular complexity index is 865. The number of carbonyl (C=O) groups excluding carboxylic acids is 4. The predicted octanol–water partition coefficient (Wildman–Crippen LogP) is 1.39. The van der Waals surface area contributed by atoms with Gasteiger partial charge in [-0.25, -0.2) is 4.79 Å². The molecule has 0 saturated carbocycles. The standard InChI is InChI=1S/C22H28N4O5/c1-31-22(30)26-12-9-17-16(13-26)19(27)18(21(29)24-17)20(28)23-14-5-7-15(8-6-14)25-10-3-2-4-11-25/h5-8,16-18H,2-4,9-13H2,1H3,(H,23,28)(H,24,29)/t16-,17-,18?/m0/s1. The van der Waals surface area contributed by atoms with E-state index in [-0.39, 0.29) is 12.6 Å². The SMILES string of the molecule is COC(=O)N1CC[C@@H]2NC(=O)C(C(=O)Nc3ccc(N4CCCCC4)cc3)C(=O)[C@H]2C1. The molecular weight excluding hydrogens is 400 g/mol. The maximum Gasteiger partial charge on any atom is 0.409 e. The number of Topliss-reactive ketones (excluding diaryl/α,β-unsaturated/α-hetero) is 1.